The summed E-state index contributed by atoms with van der Waals surface area (Å²) in [4.78, 5) is 11.7. The Labute approximate surface area is 117 Å². The van der Waals surface area contributed by atoms with Gasteiger partial charge >= 0.3 is 5.97 Å². The van der Waals surface area contributed by atoms with Crippen LogP contribution in [0.5, 0.6) is 0 Å². The molecule has 0 radical (unpaired) electrons. The zero-order valence-corrected chi connectivity index (χ0v) is 12.0. The summed E-state index contributed by atoms with van der Waals surface area (Å²) < 4.78 is 42.3. The van der Waals surface area contributed by atoms with Crippen LogP contribution in [0.25, 0.3) is 0 Å². The van der Waals surface area contributed by atoms with Gasteiger partial charge in [0.25, 0.3) is 0 Å². The van der Waals surface area contributed by atoms with Gasteiger partial charge in [-0.3, -0.25) is 4.79 Å². The van der Waals surface area contributed by atoms with Crippen molar-refractivity contribution in [1.82, 2.24) is 0 Å². The molecular formula is C14H22F2O4. The number of rotatable bonds is 4. The summed E-state index contributed by atoms with van der Waals surface area (Å²) in [6.07, 6.45) is 1.47. The van der Waals surface area contributed by atoms with E-state index in [0.29, 0.717) is 32.3 Å². The number of hydrogen-bond acceptors (Lipinski definition) is 4. The zero-order valence-electron chi connectivity index (χ0n) is 12.0. The maximum Gasteiger partial charge on any atom is 0.308 e. The topological polar surface area (TPSA) is 44.8 Å². The van der Waals surface area contributed by atoms with E-state index in [1.807, 2.05) is 0 Å². The lowest BCUT2D eigenvalue weighted by molar-refractivity contribution is -0.200. The molecule has 1 atom stereocenters. The normalized spacial score (nSPS) is 34.4. The van der Waals surface area contributed by atoms with E-state index in [1.54, 1.807) is 6.92 Å². The van der Waals surface area contributed by atoms with Crippen molar-refractivity contribution in [3.05, 3.63) is 0 Å². The van der Waals surface area contributed by atoms with E-state index in [9.17, 15) is 13.6 Å². The molecule has 0 N–H and O–H groups in total. The third-order valence-electron chi connectivity index (χ3n) is 3.87. The Morgan fingerprint density at radius 2 is 2.05 bits per heavy atom. The monoisotopic (exact) mass is 292 g/mol. The van der Waals surface area contributed by atoms with E-state index >= 15 is 0 Å². The number of halogens is 2. The number of esters is 1. The highest BCUT2D eigenvalue weighted by molar-refractivity contribution is 5.72. The summed E-state index contributed by atoms with van der Waals surface area (Å²) >= 11 is 0. The summed E-state index contributed by atoms with van der Waals surface area (Å²) in [7, 11) is 0. The maximum atomic E-state index is 13.0. The van der Waals surface area contributed by atoms with Crippen molar-refractivity contribution in [2.45, 2.75) is 63.8 Å². The van der Waals surface area contributed by atoms with Gasteiger partial charge in [0.05, 0.1) is 25.2 Å². The summed E-state index contributed by atoms with van der Waals surface area (Å²) in [6.45, 7) is 3.24. The summed E-state index contributed by atoms with van der Waals surface area (Å²) in [5.74, 6) is -3.82. The van der Waals surface area contributed by atoms with E-state index in [-0.39, 0.29) is 24.9 Å². The van der Waals surface area contributed by atoms with Gasteiger partial charge in [-0.25, -0.2) is 8.78 Å². The predicted octanol–water partition coefficient (Wildman–Crippen LogP) is 2.90. The van der Waals surface area contributed by atoms with Gasteiger partial charge in [0.1, 0.15) is 0 Å². The molecule has 0 aromatic carbocycles. The quantitative estimate of drug-likeness (QED) is 0.747. The molecule has 1 aliphatic carbocycles. The third-order valence-corrected chi connectivity index (χ3v) is 3.87. The van der Waals surface area contributed by atoms with Crippen LogP contribution in [0.15, 0.2) is 0 Å². The molecule has 0 aromatic heterocycles. The van der Waals surface area contributed by atoms with Gasteiger partial charge in [0.15, 0.2) is 5.79 Å². The molecule has 1 unspecified atom stereocenters. The standard InChI is InChI=1S/C14H22F2O4/c1-3-18-12(17)10-4-6-14(7-5-10)19-9-11(20-14)8-13(2,15)16/h10-11H,3-9H2,1-2H3. The second-order valence-corrected chi connectivity index (χ2v) is 5.76. The molecule has 4 nitrogen and oxygen atoms in total. The Morgan fingerprint density at radius 1 is 1.40 bits per heavy atom. The Hall–Kier alpha value is -0.750. The minimum absolute atomic E-state index is 0.126. The van der Waals surface area contributed by atoms with Gasteiger partial charge in [-0.1, -0.05) is 0 Å². The van der Waals surface area contributed by atoms with Gasteiger partial charge in [-0.15, -0.1) is 0 Å². The van der Waals surface area contributed by atoms with Gasteiger partial charge in [0, 0.05) is 19.3 Å². The molecule has 0 bridgehead atoms. The average molecular weight is 292 g/mol. The molecule has 20 heavy (non-hydrogen) atoms. The largest absolute Gasteiger partial charge is 0.466 e. The highest BCUT2D eigenvalue weighted by Crippen LogP contribution is 2.42. The molecule has 2 rings (SSSR count). The van der Waals surface area contributed by atoms with Crippen LogP contribution in [0.2, 0.25) is 0 Å². The molecule has 1 spiro atoms. The SMILES string of the molecule is CCOC(=O)C1CCC2(CC1)OCC(CC(C)(F)F)O2. The minimum Gasteiger partial charge on any atom is -0.466 e. The lowest BCUT2D eigenvalue weighted by atomic mass is 9.85. The van der Waals surface area contributed by atoms with Crippen molar-refractivity contribution in [1.29, 1.82) is 0 Å². The Balaban J connectivity index is 1.83. The van der Waals surface area contributed by atoms with E-state index in [2.05, 4.69) is 0 Å². The molecule has 0 amide bonds. The zero-order chi connectivity index (χ0) is 14.8. The van der Waals surface area contributed by atoms with Crippen molar-refractivity contribution in [2.24, 2.45) is 5.92 Å². The van der Waals surface area contributed by atoms with Crippen LogP contribution in [0.1, 0.15) is 46.0 Å². The van der Waals surface area contributed by atoms with E-state index < -0.39 is 17.8 Å². The van der Waals surface area contributed by atoms with Crippen LogP contribution >= 0.6 is 0 Å². The first-order chi connectivity index (χ1) is 9.34. The molecule has 1 saturated carbocycles. The molecule has 0 aromatic rings. The Bertz CT molecular complexity index is 346. The first-order valence-corrected chi connectivity index (χ1v) is 7.20. The van der Waals surface area contributed by atoms with Crippen LogP contribution in [0.4, 0.5) is 8.78 Å². The average Bonchev–Trinajstić information content (AvgIpc) is 2.71. The summed E-state index contributed by atoms with van der Waals surface area (Å²) in [5, 5.41) is 0. The van der Waals surface area contributed by atoms with Gasteiger partial charge in [-0.05, 0) is 26.7 Å². The van der Waals surface area contributed by atoms with Crippen molar-refractivity contribution in [3.8, 4) is 0 Å². The van der Waals surface area contributed by atoms with Crippen LogP contribution in [-0.2, 0) is 19.0 Å². The van der Waals surface area contributed by atoms with E-state index in [0.717, 1.165) is 6.92 Å². The summed E-state index contributed by atoms with van der Waals surface area (Å²) in [6, 6.07) is 0. The summed E-state index contributed by atoms with van der Waals surface area (Å²) in [5.41, 5.74) is 0. The van der Waals surface area contributed by atoms with Gasteiger partial charge in [-0.2, -0.15) is 0 Å². The van der Waals surface area contributed by atoms with Crippen LogP contribution < -0.4 is 0 Å². The third kappa shape index (κ3) is 3.88. The van der Waals surface area contributed by atoms with E-state index in [1.165, 1.54) is 0 Å². The number of hydrogen-bond donors (Lipinski definition) is 0. The molecule has 1 heterocycles. The molecule has 1 aliphatic heterocycles. The van der Waals surface area contributed by atoms with Crippen molar-refractivity contribution in [2.75, 3.05) is 13.2 Å². The lowest BCUT2D eigenvalue weighted by Gasteiger charge is -2.35. The maximum absolute atomic E-state index is 13.0. The fourth-order valence-electron chi connectivity index (χ4n) is 2.93. The first-order valence-electron chi connectivity index (χ1n) is 7.20. The Morgan fingerprint density at radius 3 is 2.60 bits per heavy atom. The van der Waals surface area contributed by atoms with Crippen molar-refractivity contribution in [3.63, 3.8) is 0 Å². The molecule has 2 aliphatic rings. The minimum atomic E-state index is -2.75. The fraction of sp³-hybridized carbons (Fsp3) is 0.929. The number of carbonyl (C=O) groups is 1. The number of carbonyl (C=O) groups excluding carboxylic acids is 1. The second-order valence-electron chi connectivity index (χ2n) is 5.76. The van der Waals surface area contributed by atoms with Crippen molar-refractivity contribution < 1.29 is 27.8 Å². The fourth-order valence-corrected chi connectivity index (χ4v) is 2.93. The molecular weight excluding hydrogens is 270 g/mol. The predicted molar refractivity (Wildman–Crippen MR) is 67.4 cm³/mol. The lowest BCUT2D eigenvalue weighted by Crippen LogP contribution is -2.38. The van der Waals surface area contributed by atoms with Gasteiger partial charge in [0.2, 0.25) is 5.92 Å². The number of alkyl halides is 2. The Kier molecular flexibility index (Phi) is 4.64. The van der Waals surface area contributed by atoms with E-state index in [4.69, 9.17) is 14.2 Å². The smallest absolute Gasteiger partial charge is 0.308 e. The first kappa shape index (κ1) is 15.6. The van der Waals surface area contributed by atoms with Crippen LogP contribution in [-0.4, -0.2) is 37.0 Å². The van der Waals surface area contributed by atoms with Crippen molar-refractivity contribution >= 4 is 5.97 Å². The van der Waals surface area contributed by atoms with Crippen LogP contribution in [0, 0.1) is 5.92 Å². The van der Waals surface area contributed by atoms with Gasteiger partial charge < -0.3 is 14.2 Å². The second kappa shape index (κ2) is 5.93. The molecule has 116 valence electrons. The highest BCUT2D eigenvalue weighted by Gasteiger charge is 2.47. The molecule has 6 heteroatoms. The number of ether oxygens (including phenoxy) is 3. The van der Waals surface area contributed by atoms with Crippen LogP contribution in [0.3, 0.4) is 0 Å². The highest BCUT2D eigenvalue weighted by atomic mass is 19.3. The molecule has 1 saturated heterocycles. The molecule has 2 fully saturated rings.